The quantitative estimate of drug-likeness (QED) is 0.699. The van der Waals surface area contributed by atoms with Crippen LogP contribution in [0.5, 0.6) is 0 Å². The smallest absolute Gasteiger partial charge is 0.316 e. The number of amides is 2. The number of hydrogen-bond acceptors (Lipinski definition) is 2. The highest BCUT2D eigenvalue weighted by Crippen LogP contribution is 2.32. The standard InChI is InChI=1S/C10H17N3O/c1-10(2,3)13-9(14)12-8(6-11)7-4-5-7/h7-8H,4-5H2,1-3H3,(H2,12,13,14). The Labute approximate surface area is 84.7 Å². The third-order valence-corrected chi connectivity index (χ3v) is 2.01. The molecular formula is C10H17N3O. The molecule has 0 aromatic carbocycles. The maximum atomic E-state index is 11.4. The van der Waals surface area contributed by atoms with Crippen LogP contribution in [0.25, 0.3) is 0 Å². The van der Waals surface area contributed by atoms with Gasteiger partial charge in [0.25, 0.3) is 0 Å². The predicted octanol–water partition coefficient (Wildman–Crippen LogP) is 1.39. The molecule has 78 valence electrons. The molecule has 0 saturated heterocycles. The van der Waals surface area contributed by atoms with E-state index in [0.29, 0.717) is 5.92 Å². The third-order valence-electron chi connectivity index (χ3n) is 2.01. The van der Waals surface area contributed by atoms with Crippen molar-refractivity contribution in [2.24, 2.45) is 5.92 Å². The van der Waals surface area contributed by atoms with Crippen LogP contribution in [0.3, 0.4) is 0 Å². The monoisotopic (exact) mass is 195 g/mol. The average Bonchev–Trinajstić information content (AvgIpc) is 2.78. The molecule has 1 aliphatic rings. The van der Waals surface area contributed by atoms with Crippen LogP contribution in [-0.2, 0) is 0 Å². The van der Waals surface area contributed by atoms with Crippen molar-refractivity contribution >= 4 is 6.03 Å². The number of nitrogens with zero attached hydrogens (tertiary/aromatic N) is 1. The van der Waals surface area contributed by atoms with Gasteiger partial charge in [-0.3, -0.25) is 0 Å². The minimum atomic E-state index is -0.322. The first-order valence-corrected chi connectivity index (χ1v) is 4.90. The second-order valence-electron chi connectivity index (χ2n) is 4.79. The van der Waals surface area contributed by atoms with Crippen molar-refractivity contribution in [2.75, 3.05) is 0 Å². The lowest BCUT2D eigenvalue weighted by atomic mass is 10.1. The van der Waals surface area contributed by atoms with Gasteiger partial charge < -0.3 is 10.6 Å². The molecule has 0 radical (unpaired) electrons. The first-order chi connectivity index (χ1) is 6.42. The number of nitriles is 1. The van der Waals surface area contributed by atoms with Crippen LogP contribution in [0.4, 0.5) is 4.79 Å². The number of hydrogen-bond donors (Lipinski definition) is 2. The summed E-state index contributed by atoms with van der Waals surface area (Å²) in [7, 11) is 0. The summed E-state index contributed by atoms with van der Waals surface area (Å²) in [4.78, 5) is 11.4. The van der Waals surface area contributed by atoms with Crippen molar-refractivity contribution in [1.82, 2.24) is 10.6 Å². The van der Waals surface area contributed by atoms with Crippen molar-refractivity contribution in [2.45, 2.75) is 45.2 Å². The lowest BCUT2D eigenvalue weighted by molar-refractivity contribution is 0.229. The summed E-state index contributed by atoms with van der Waals surface area (Å²) in [6.45, 7) is 5.72. The van der Waals surface area contributed by atoms with Crippen LogP contribution in [0.1, 0.15) is 33.6 Å². The zero-order valence-corrected chi connectivity index (χ0v) is 8.92. The topological polar surface area (TPSA) is 64.9 Å². The van der Waals surface area contributed by atoms with E-state index in [-0.39, 0.29) is 17.6 Å². The zero-order valence-electron chi connectivity index (χ0n) is 8.92. The van der Waals surface area contributed by atoms with Crippen molar-refractivity contribution < 1.29 is 4.79 Å². The summed E-state index contributed by atoms with van der Waals surface area (Å²) < 4.78 is 0. The highest BCUT2D eigenvalue weighted by Gasteiger charge is 2.32. The second-order valence-corrected chi connectivity index (χ2v) is 4.79. The zero-order chi connectivity index (χ0) is 10.8. The van der Waals surface area contributed by atoms with Crippen LogP contribution in [0, 0.1) is 17.2 Å². The van der Waals surface area contributed by atoms with E-state index in [1.807, 2.05) is 20.8 Å². The predicted molar refractivity (Wildman–Crippen MR) is 53.5 cm³/mol. The van der Waals surface area contributed by atoms with E-state index in [2.05, 4.69) is 16.7 Å². The molecule has 0 bridgehead atoms. The number of urea groups is 1. The normalized spacial score (nSPS) is 18.1. The molecule has 1 unspecified atom stereocenters. The molecule has 0 heterocycles. The molecule has 4 nitrogen and oxygen atoms in total. The number of carbonyl (C=O) groups is 1. The summed E-state index contributed by atoms with van der Waals surface area (Å²) in [5.74, 6) is 0.366. The molecule has 4 heteroatoms. The molecule has 2 amide bonds. The average molecular weight is 195 g/mol. The van der Waals surface area contributed by atoms with Crippen LogP contribution in [-0.4, -0.2) is 17.6 Å². The fourth-order valence-electron chi connectivity index (χ4n) is 1.20. The third kappa shape index (κ3) is 3.65. The summed E-state index contributed by atoms with van der Waals surface area (Å²) in [5, 5.41) is 14.2. The van der Waals surface area contributed by atoms with Gasteiger partial charge in [-0.25, -0.2) is 4.79 Å². The Bertz CT molecular complexity index is 258. The fourth-order valence-corrected chi connectivity index (χ4v) is 1.20. The van der Waals surface area contributed by atoms with Gasteiger partial charge in [-0.05, 0) is 39.5 Å². The maximum absolute atomic E-state index is 11.4. The van der Waals surface area contributed by atoms with Crippen LogP contribution in [0.2, 0.25) is 0 Å². The molecule has 0 aliphatic heterocycles. The van der Waals surface area contributed by atoms with E-state index >= 15 is 0 Å². The molecule has 0 spiro atoms. The Balaban J connectivity index is 2.36. The summed E-state index contributed by atoms with van der Waals surface area (Å²) in [6.07, 6.45) is 2.10. The van der Waals surface area contributed by atoms with Crippen molar-refractivity contribution in [3.8, 4) is 6.07 Å². The van der Waals surface area contributed by atoms with Crippen molar-refractivity contribution in [3.05, 3.63) is 0 Å². The largest absolute Gasteiger partial charge is 0.334 e. The van der Waals surface area contributed by atoms with E-state index < -0.39 is 0 Å². The Morgan fingerprint density at radius 1 is 1.50 bits per heavy atom. The lowest BCUT2D eigenvalue weighted by Crippen LogP contribution is -2.49. The molecule has 14 heavy (non-hydrogen) atoms. The van der Waals surface area contributed by atoms with E-state index in [4.69, 9.17) is 5.26 Å². The van der Waals surface area contributed by atoms with Gasteiger partial charge in [0.2, 0.25) is 0 Å². The first kappa shape index (κ1) is 10.8. The molecule has 1 atom stereocenters. The van der Waals surface area contributed by atoms with E-state index in [1.165, 1.54) is 0 Å². The molecular weight excluding hydrogens is 178 g/mol. The number of rotatable bonds is 2. The fraction of sp³-hybridized carbons (Fsp3) is 0.800. The number of carbonyl (C=O) groups excluding carboxylic acids is 1. The Hall–Kier alpha value is -1.24. The highest BCUT2D eigenvalue weighted by molar-refractivity contribution is 5.75. The SMILES string of the molecule is CC(C)(C)NC(=O)NC(C#N)C1CC1. The van der Waals surface area contributed by atoms with Crippen LogP contribution < -0.4 is 10.6 Å². The Morgan fingerprint density at radius 3 is 2.43 bits per heavy atom. The molecule has 0 aromatic rings. The van der Waals surface area contributed by atoms with Crippen molar-refractivity contribution in [1.29, 1.82) is 5.26 Å². The van der Waals surface area contributed by atoms with Gasteiger partial charge >= 0.3 is 6.03 Å². The summed E-state index contributed by atoms with van der Waals surface area (Å²) >= 11 is 0. The van der Waals surface area contributed by atoms with Gasteiger partial charge in [-0.2, -0.15) is 5.26 Å². The van der Waals surface area contributed by atoms with E-state index in [0.717, 1.165) is 12.8 Å². The summed E-state index contributed by atoms with van der Waals surface area (Å²) in [5.41, 5.74) is -0.256. The first-order valence-electron chi connectivity index (χ1n) is 4.90. The highest BCUT2D eigenvalue weighted by atomic mass is 16.2. The minimum Gasteiger partial charge on any atom is -0.334 e. The molecule has 1 saturated carbocycles. The van der Waals surface area contributed by atoms with Gasteiger partial charge in [0, 0.05) is 5.54 Å². The van der Waals surface area contributed by atoms with E-state index in [9.17, 15) is 4.79 Å². The van der Waals surface area contributed by atoms with Gasteiger partial charge in [0.1, 0.15) is 6.04 Å². The Kier molecular flexibility index (Phi) is 3.00. The van der Waals surface area contributed by atoms with Gasteiger partial charge in [-0.1, -0.05) is 0 Å². The Morgan fingerprint density at radius 2 is 2.07 bits per heavy atom. The molecule has 1 aliphatic carbocycles. The molecule has 2 N–H and O–H groups in total. The van der Waals surface area contributed by atoms with Gasteiger partial charge in [-0.15, -0.1) is 0 Å². The van der Waals surface area contributed by atoms with Crippen LogP contribution >= 0.6 is 0 Å². The number of nitrogens with one attached hydrogen (secondary N) is 2. The second kappa shape index (κ2) is 3.87. The van der Waals surface area contributed by atoms with Crippen LogP contribution in [0.15, 0.2) is 0 Å². The van der Waals surface area contributed by atoms with Gasteiger partial charge in [0.05, 0.1) is 6.07 Å². The molecule has 0 aromatic heterocycles. The summed E-state index contributed by atoms with van der Waals surface area (Å²) in [6, 6.07) is 1.53. The van der Waals surface area contributed by atoms with Gasteiger partial charge in [0.15, 0.2) is 0 Å². The minimum absolute atomic E-state index is 0.254. The van der Waals surface area contributed by atoms with E-state index in [1.54, 1.807) is 0 Å². The molecule has 1 rings (SSSR count). The maximum Gasteiger partial charge on any atom is 0.316 e. The lowest BCUT2D eigenvalue weighted by Gasteiger charge is -2.22. The molecule has 1 fully saturated rings. The van der Waals surface area contributed by atoms with Crippen molar-refractivity contribution in [3.63, 3.8) is 0 Å².